The van der Waals surface area contributed by atoms with Crippen LogP contribution in [-0.4, -0.2) is 4.98 Å². The quantitative estimate of drug-likeness (QED) is 0.599. The van der Waals surface area contributed by atoms with Crippen molar-refractivity contribution in [3.05, 3.63) is 40.8 Å². The molecule has 0 radical (unpaired) electrons. The van der Waals surface area contributed by atoms with Crippen LogP contribution in [0.15, 0.2) is 35.3 Å². The summed E-state index contributed by atoms with van der Waals surface area (Å²) in [5.41, 5.74) is -0.0307. The van der Waals surface area contributed by atoms with Gasteiger partial charge in [0.25, 0.3) is 5.56 Å². The van der Waals surface area contributed by atoms with E-state index in [2.05, 4.69) is 14.2 Å². The number of fused-ring (bicyclic) bond motifs is 1. The van der Waals surface area contributed by atoms with Crippen LogP contribution in [0.5, 0.6) is 0 Å². The molecule has 12 heavy (non-hydrogen) atoms. The third-order valence-corrected chi connectivity index (χ3v) is 2.35. The molecule has 0 amide bonds. The molecule has 0 spiro atoms. The molecule has 1 aromatic carbocycles. The maximum absolute atomic E-state index is 11.3. The largest absolute Gasteiger partial charge is 0.329 e. The molecule has 1 aromatic heterocycles. The molecule has 2 aromatic rings. The van der Waals surface area contributed by atoms with Gasteiger partial charge in [-0.2, -0.15) is 0 Å². The average molecular weight is 177 g/mol. The van der Waals surface area contributed by atoms with Crippen LogP contribution in [0, 0.1) is 0 Å². The molecule has 1 unspecified atom stereocenters. The van der Waals surface area contributed by atoms with Crippen molar-refractivity contribution in [1.82, 2.24) is 4.98 Å². The lowest BCUT2D eigenvalue weighted by Gasteiger charge is -1.98. The molecule has 0 fully saturated rings. The first kappa shape index (κ1) is 7.51. The molecule has 0 saturated carbocycles. The summed E-state index contributed by atoms with van der Waals surface area (Å²) in [6.45, 7) is 0. The van der Waals surface area contributed by atoms with E-state index in [-0.39, 0.29) is 5.56 Å². The van der Waals surface area contributed by atoms with Crippen LogP contribution >= 0.6 is 9.24 Å². The SMILES string of the molecule is O=c1[nH]ccc2c(P)cccc12. The lowest BCUT2D eigenvalue weighted by molar-refractivity contribution is 1.28. The monoisotopic (exact) mass is 177 g/mol. The molecule has 0 saturated heterocycles. The van der Waals surface area contributed by atoms with Crippen LogP contribution in [-0.2, 0) is 0 Å². The first-order valence-electron chi connectivity index (χ1n) is 3.65. The minimum absolute atomic E-state index is 0.0307. The second-order valence-electron chi connectivity index (χ2n) is 2.62. The Morgan fingerprint density at radius 3 is 2.75 bits per heavy atom. The number of aromatic amines is 1. The summed E-state index contributed by atoms with van der Waals surface area (Å²) in [7, 11) is 2.61. The van der Waals surface area contributed by atoms with E-state index >= 15 is 0 Å². The maximum atomic E-state index is 11.3. The lowest BCUT2D eigenvalue weighted by Crippen LogP contribution is -2.07. The van der Waals surface area contributed by atoms with Gasteiger partial charge in [-0.3, -0.25) is 4.79 Å². The average Bonchev–Trinajstić information content (AvgIpc) is 2.07. The lowest BCUT2D eigenvalue weighted by atomic mass is 10.2. The Hall–Kier alpha value is -1.14. The van der Waals surface area contributed by atoms with E-state index in [0.717, 1.165) is 16.1 Å². The second kappa shape index (κ2) is 2.72. The predicted molar refractivity (Wildman–Crippen MR) is 53.9 cm³/mol. The Kier molecular flexibility index (Phi) is 1.70. The number of rotatable bonds is 0. The fraction of sp³-hybridized carbons (Fsp3) is 0. The summed E-state index contributed by atoms with van der Waals surface area (Å²) in [5, 5.41) is 2.79. The van der Waals surface area contributed by atoms with Gasteiger partial charge in [0, 0.05) is 11.6 Å². The van der Waals surface area contributed by atoms with Crippen LogP contribution < -0.4 is 10.9 Å². The standard InChI is InChI=1S/C9H8NOP/c11-9-7-2-1-3-8(12)6(7)4-5-10-9/h1-5H,12H2,(H,10,11). The molecular formula is C9H8NOP. The zero-order chi connectivity index (χ0) is 8.55. The number of benzene rings is 1. The normalized spacial score (nSPS) is 10.4. The van der Waals surface area contributed by atoms with Gasteiger partial charge >= 0.3 is 0 Å². The van der Waals surface area contributed by atoms with Gasteiger partial charge < -0.3 is 4.98 Å². The highest BCUT2D eigenvalue weighted by atomic mass is 31.0. The fourth-order valence-corrected chi connectivity index (χ4v) is 1.61. The summed E-state index contributed by atoms with van der Waals surface area (Å²) in [4.78, 5) is 13.9. The summed E-state index contributed by atoms with van der Waals surface area (Å²) in [5.74, 6) is 0. The number of hydrogen-bond donors (Lipinski definition) is 1. The Bertz CT molecular complexity index is 475. The van der Waals surface area contributed by atoms with Crippen molar-refractivity contribution in [1.29, 1.82) is 0 Å². The van der Waals surface area contributed by atoms with Crippen molar-refractivity contribution in [2.45, 2.75) is 0 Å². The van der Waals surface area contributed by atoms with Gasteiger partial charge in [-0.05, 0) is 22.8 Å². The number of aromatic nitrogens is 1. The summed E-state index contributed by atoms with van der Waals surface area (Å²) in [6.07, 6.45) is 1.66. The van der Waals surface area contributed by atoms with Crippen LogP contribution in [0.2, 0.25) is 0 Å². The van der Waals surface area contributed by atoms with E-state index in [9.17, 15) is 4.79 Å². The molecule has 60 valence electrons. The maximum Gasteiger partial charge on any atom is 0.255 e. The van der Waals surface area contributed by atoms with Gasteiger partial charge in [-0.15, -0.1) is 9.24 Å². The Morgan fingerprint density at radius 2 is 2.00 bits per heavy atom. The van der Waals surface area contributed by atoms with Crippen molar-refractivity contribution in [3.63, 3.8) is 0 Å². The highest BCUT2D eigenvalue weighted by Crippen LogP contribution is 2.07. The number of nitrogens with one attached hydrogen (secondary N) is 1. The third kappa shape index (κ3) is 1.05. The minimum atomic E-state index is -0.0307. The molecule has 2 rings (SSSR count). The smallest absolute Gasteiger partial charge is 0.255 e. The molecule has 3 heteroatoms. The van der Waals surface area contributed by atoms with Crippen molar-refractivity contribution in [2.24, 2.45) is 0 Å². The van der Waals surface area contributed by atoms with Crippen LogP contribution in [0.25, 0.3) is 10.8 Å². The van der Waals surface area contributed by atoms with Crippen LogP contribution in [0.3, 0.4) is 0 Å². The van der Waals surface area contributed by atoms with Crippen molar-refractivity contribution in [2.75, 3.05) is 0 Å². The molecule has 0 aliphatic heterocycles. The number of H-pyrrole nitrogens is 1. The minimum Gasteiger partial charge on any atom is -0.329 e. The third-order valence-electron chi connectivity index (χ3n) is 1.85. The van der Waals surface area contributed by atoms with E-state index in [0.29, 0.717) is 0 Å². The van der Waals surface area contributed by atoms with Gasteiger partial charge in [0.2, 0.25) is 0 Å². The Balaban J connectivity index is 3.05. The van der Waals surface area contributed by atoms with Gasteiger partial charge in [0.05, 0.1) is 0 Å². The molecule has 2 nitrogen and oxygen atoms in total. The van der Waals surface area contributed by atoms with Crippen molar-refractivity contribution in [3.8, 4) is 0 Å². The highest BCUT2D eigenvalue weighted by molar-refractivity contribution is 7.28. The molecular weight excluding hydrogens is 169 g/mol. The predicted octanol–water partition coefficient (Wildman–Crippen LogP) is 1.03. The van der Waals surface area contributed by atoms with E-state index in [1.54, 1.807) is 6.20 Å². The van der Waals surface area contributed by atoms with E-state index in [1.807, 2.05) is 24.3 Å². The molecule has 1 atom stereocenters. The highest BCUT2D eigenvalue weighted by Gasteiger charge is 1.97. The fourth-order valence-electron chi connectivity index (χ4n) is 1.25. The Morgan fingerprint density at radius 1 is 1.17 bits per heavy atom. The van der Waals surface area contributed by atoms with Crippen LogP contribution in [0.1, 0.15) is 0 Å². The van der Waals surface area contributed by atoms with Crippen molar-refractivity contribution < 1.29 is 0 Å². The molecule has 0 bridgehead atoms. The van der Waals surface area contributed by atoms with Gasteiger partial charge in [0.15, 0.2) is 0 Å². The number of pyridine rings is 1. The van der Waals surface area contributed by atoms with Crippen LogP contribution in [0.4, 0.5) is 0 Å². The summed E-state index contributed by atoms with van der Waals surface area (Å²) >= 11 is 0. The first-order valence-corrected chi connectivity index (χ1v) is 4.22. The topological polar surface area (TPSA) is 32.9 Å². The zero-order valence-electron chi connectivity index (χ0n) is 6.37. The summed E-state index contributed by atoms with van der Waals surface area (Å²) < 4.78 is 0. The second-order valence-corrected chi connectivity index (χ2v) is 3.24. The zero-order valence-corrected chi connectivity index (χ0v) is 7.53. The number of hydrogen-bond acceptors (Lipinski definition) is 1. The Labute approximate surface area is 71.8 Å². The van der Waals surface area contributed by atoms with Gasteiger partial charge in [-0.25, -0.2) is 0 Å². The van der Waals surface area contributed by atoms with E-state index in [1.165, 1.54) is 0 Å². The molecule has 1 heterocycles. The van der Waals surface area contributed by atoms with Crippen molar-refractivity contribution >= 4 is 25.3 Å². The van der Waals surface area contributed by atoms with E-state index < -0.39 is 0 Å². The van der Waals surface area contributed by atoms with Gasteiger partial charge in [0.1, 0.15) is 0 Å². The molecule has 1 N–H and O–H groups in total. The molecule has 0 aliphatic carbocycles. The molecule has 0 aliphatic rings. The first-order chi connectivity index (χ1) is 5.79. The van der Waals surface area contributed by atoms with Gasteiger partial charge in [-0.1, -0.05) is 12.1 Å². The van der Waals surface area contributed by atoms with E-state index in [4.69, 9.17) is 0 Å². The summed E-state index contributed by atoms with van der Waals surface area (Å²) in [6, 6.07) is 7.56.